The van der Waals surface area contributed by atoms with Gasteiger partial charge in [0.25, 0.3) is 20.2 Å². The average molecular weight is 1400 g/mol. The Labute approximate surface area is 521 Å². The number of hydrogen-bond acceptors (Lipinski definition) is 40. The van der Waals surface area contributed by atoms with E-state index >= 15 is 0 Å². The van der Waals surface area contributed by atoms with E-state index in [4.69, 9.17) is 75.4 Å². The number of hydrogen-bond donors (Lipinski definition) is 23. The zero-order valence-electron chi connectivity index (χ0n) is 48.6. The first-order valence-electron chi connectivity index (χ1n) is 28.8. The van der Waals surface area contributed by atoms with E-state index in [1.807, 2.05) is 0 Å². The van der Waals surface area contributed by atoms with Gasteiger partial charge in [-0.2, -0.15) is 16.8 Å². The summed E-state index contributed by atoms with van der Waals surface area (Å²) in [6, 6.07) is 0. The van der Waals surface area contributed by atoms with Crippen molar-refractivity contribution < 1.29 is 204 Å². The van der Waals surface area contributed by atoms with Gasteiger partial charge in [0.15, 0.2) is 54.9 Å². The largest absolute Gasteiger partial charge is 0.394 e. The first kappa shape index (κ1) is 77.7. The van der Waals surface area contributed by atoms with Crippen molar-refractivity contribution in [2.75, 3.05) is 46.2 Å². The maximum Gasteiger partial charge on any atom is 0.292 e. The molecule has 0 aromatic carbocycles. The Bertz CT molecular complexity index is 2080. The predicted molar refractivity (Wildman–Crippen MR) is 281 cm³/mol. The lowest BCUT2D eigenvalue weighted by molar-refractivity contribution is -0.396. The second kappa shape index (κ2) is 33.0. The molecule has 0 aromatic rings. The van der Waals surface area contributed by atoms with Crippen molar-refractivity contribution in [2.45, 2.75) is 253 Å². The van der Waals surface area contributed by atoms with Crippen molar-refractivity contribution in [3.8, 4) is 0 Å². The second-order valence-electron chi connectivity index (χ2n) is 22.5. The maximum atomic E-state index is 11.3. The van der Waals surface area contributed by atoms with Crippen molar-refractivity contribution >= 4 is 20.2 Å². The second-order valence-corrected chi connectivity index (χ2v) is 25.6. The van der Waals surface area contributed by atoms with E-state index < -0.39 is 292 Å². The minimum Gasteiger partial charge on any atom is -0.394 e. The van der Waals surface area contributed by atoms with Crippen LogP contribution < -0.4 is 0 Å². The standard InChI is InChI=1S/C42H70O35.C6H14O7S2/c43-1-8-29-15(50)22(57)36(64-8)72-30-9(2-44)66-38(24(59)17(30)52)74-32-11(4-46)68-40(26(61)19(32)54)76-34-13(6-48)70-42(28(63)21(34)56)77-35-14(7-49)69-41(27(62)20(35)55)75-33-12(5-47)67-39(25(60)18(33)53)73-31-10(3-45)65-37(71-29)23(58)16(31)51;1-3-5(14(7,8)9)13-6(4-2)15(10,11)12/h8-63H,1-7H2;5-6H,3-4H2,1-2H3,(H,7,8,9)(H,10,11,12)/t8-,9-,10-,11-,12-,13-,14-,15-,16-,17-,18-,19-,20-,21-,22-,23-,24-,25-,26-,27-,28-,29-,30-,31-,32-,33-,34-,35-,36-,37-,38-,39-,40-,41-,42-;/m1./s1. The first-order valence-corrected chi connectivity index (χ1v) is 31.8. The Balaban J connectivity index is 0.000000708. The summed E-state index contributed by atoms with van der Waals surface area (Å²) >= 11 is 0. The maximum absolute atomic E-state index is 11.3. The van der Waals surface area contributed by atoms with E-state index in [1.165, 1.54) is 13.8 Å². The topological polar surface area (TPSA) is 672 Å². The van der Waals surface area contributed by atoms with Crippen LogP contribution in [0.25, 0.3) is 0 Å². The van der Waals surface area contributed by atoms with Crippen LogP contribution in [-0.2, 0) is 91.3 Å². The highest BCUT2D eigenvalue weighted by atomic mass is 32.2. The molecule has 0 saturated carbocycles. The number of aliphatic hydroxyl groups is 21. The number of aliphatic hydroxyl groups excluding tert-OH is 21. The third-order valence-electron chi connectivity index (χ3n) is 16.4. The van der Waals surface area contributed by atoms with Crippen molar-refractivity contribution in [3.63, 3.8) is 0 Å². The lowest BCUT2D eigenvalue weighted by Gasteiger charge is -2.50. The highest BCUT2D eigenvalue weighted by Gasteiger charge is 2.59. The van der Waals surface area contributed by atoms with E-state index in [2.05, 4.69) is 4.74 Å². The van der Waals surface area contributed by atoms with Gasteiger partial charge in [-0.1, -0.05) is 13.8 Å². The molecule has 23 N–H and O–H groups in total. The summed E-state index contributed by atoms with van der Waals surface area (Å²) in [4.78, 5) is 0. The van der Waals surface area contributed by atoms with E-state index in [0.717, 1.165) is 0 Å². The lowest BCUT2D eigenvalue weighted by Crippen LogP contribution is -2.68. The summed E-state index contributed by atoms with van der Waals surface area (Å²) in [7, 11) is -8.96. The number of ether oxygens (including phenoxy) is 15. The van der Waals surface area contributed by atoms with Crippen LogP contribution >= 0.6 is 0 Å². The molecule has 0 aromatic heterocycles. The number of rotatable bonds is 13. The third kappa shape index (κ3) is 16.8. The van der Waals surface area contributed by atoms with Crippen LogP contribution in [0.3, 0.4) is 0 Å². The molecule has 2 unspecified atom stereocenters. The molecule has 0 amide bonds. The van der Waals surface area contributed by atoms with Gasteiger partial charge in [-0.05, 0) is 12.8 Å². The van der Waals surface area contributed by atoms with E-state index in [1.54, 1.807) is 0 Å². The predicted octanol–water partition coefficient (Wildman–Crippen LogP) is -15.0. The van der Waals surface area contributed by atoms with Crippen LogP contribution in [0.1, 0.15) is 26.7 Å². The molecule has 21 fully saturated rings. The molecule has 21 aliphatic rings. The fraction of sp³-hybridized carbons (Fsp3) is 1.00. The van der Waals surface area contributed by atoms with Crippen molar-refractivity contribution in [1.82, 2.24) is 0 Å². The molecule has 37 atom stereocenters. The Hall–Kier alpha value is -1.62. The lowest BCUT2D eigenvalue weighted by atomic mass is 9.95. The van der Waals surface area contributed by atoms with Crippen LogP contribution in [0.15, 0.2) is 0 Å². The highest BCUT2D eigenvalue weighted by molar-refractivity contribution is 7.87. The Morgan fingerprint density at radius 3 is 0.489 bits per heavy atom. The molecule has 42 nitrogen and oxygen atoms in total. The molecule has 540 valence electrons. The average Bonchev–Trinajstić information content (AvgIpc) is 0.802. The Kier molecular flexibility index (Phi) is 27.9. The summed E-state index contributed by atoms with van der Waals surface area (Å²) in [5, 5.41) is 230. The van der Waals surface area contributed by atoms with Gasteiger partial charge in [-0.3, -0.25) is 9.11 Å². The quantitative estimate of drug-likeness (QED) is 0.0762. The summed E-state index contributed by atoms with van der Waals surface area (Å²) in [6.45, 7) is -4.53. The minimum atomic E-state index is -4.48. The molecule has 0 aliphatic carbocycles. The van der Waals surface area contributed by atoms with Gasteiger partial charge in [0.05, 0.1) is 46.2 Å². The Morgan fingerprint density at radius 1 is 0.261 bits per heavy atom. The van der Waals surface area contributed by atoms with Crippen LogP contribution in [-0.4, -0.2) is 405 Å². The van der Waals surface area contributed by atoms with Crippen molar-refractivity contribution in [1.29, 1.82) is 0 Å². The Morgan fingerprint density at radius 2 is 0.391 bits per heavy atom. The zero-order chi connectivity index (χ0) is 68.3. The summed E-state index contributed by atoms with van der Waals surface area (Å²) in [6.07, 6.45) is -70.5. The SMILES string of the molecule is CCC(OC(CC)S(=O)(=O)O)S(=O)(=O)O.OC[C@H]1O[C@@H]2O[C@H]3[C@H](O)[C@@H](O)[C@@H](O[C@H]4[C@H](O)[C@@H](O)[C@@H](O[C@H]5[C@H](O)[C@@H](O)[C@@H](O[C@H]6[C@H](O)[C@@H](O)[C@@H](O[C@H]7[C@H](O)[C@@H](O)[C@@H](O[C@H]8[C@H](O)[C@@H](O)[C@@H](O[C@H]1[C@H](O)[C@H]2O)O[C@@H]8CO)O[C@@H]7CO)O[C@@H]6CO)O[C@@H]5CO)O[C@@H]4CO)O[C@@H]3CO. The molecule has 0 radical (unpaired) electrons. The summed E-state index contributed by atoms with van der Waals surface area (Å²) in [5.41, 5.74) is -3.30. The highest BCUT2D eigenvalue weighted by Crippen LogP contribution is 2.39. The monoisotopic (exact) mass is 1400 g/mol. The van der Waals surface area contributed by atoms with Gasteiger partial charge in [-0.15, -0.1) is 0 Å². The fourth-order valence-electron chi connectivity index (χ4n) is 11.3. The van der Waals surface area contributed by atoms with E-state index in [9.17, 15) is 124 Å². The summed E-state index contributed by atoms with van der Waals surface area (Å²) < 4.78 is 144. The van der Waals surface area contributed by atoms with Crippen molar-refractivity contribution in [3.05, 3.63) is 0 Å². The molecule has 44 heteroatoms. The normalized spacial score (nSPS) is 49.2. The third-order valence-corrected chi connectivity index (χ3v) is 18.6. The van der Waals surface area contributed by atoms with Crippen LogP contribution in [0.2, 0.25) is 0 Å². The molecule has 21 rings (SSSR count). The summed E-state index contributed by atoms with van der Waals surface area (Å²) in [5.74, 6) is 0. The molecular weight excluding hydrogens is 1310 g/mol. The van der Waals surface area contributed by atoms with Gasteiger partial charge >= 0.3 is 0 Å². The molecule has 21 aliphatic heterocycles. The molecule has 0 spiro atoms. The van der Waals surface area contributed by atoms with Crippen LogP contribution in [0.5, 0.6) is 0 Å². The molecule has 92 heavy (non-hydrogen) atoms. The van der Waals surface area contributed by atoms with Gasteiger partial charge in [-0.25, -0.2) is 0 Å². The van der Waals surface area contributed by atoms with E-state index in [0.29, 0.717) is 0 Å². The zero-order valence-corrected chi connectivity index (χ0v) is 50.2. The van der Waals surface area contributed by atoms with Gasteiger partial charge < -0.3 is 178 Å². The molecule has 21 saturated heterocycles. The molecular formula is C48H84O42S2. The van der Waals surface area contributed by atoms with Crippen LogP contribution in [0, 0.1) is 0 Å². The molecule has 21 heterocycles. The van der Waals surface area contributed by atoms with Gasteiger partial charge in [0, 0.05) is 0 Å². The van der Waals surface area contributed by atoms with Crippen molar-refractivity contribution in [2.24, 2.45) is 0 Å². The van der Waals surface area contributed by atoms with Gasteiger partial charge in [0.2, 0.25) is 0 Å². The smallest absolute Gasteiger partial charge is 0.292 e. The van der Waals surface area contributed by atoms with Crippen LogP contribution in [0.4, 0.5) is 0 Å². The first-order chi connectivity index (χ1) is 43.3. The van der Waals surface area contributed by atoms with Gasteiger partial charge in [0.1, 0.15) is 171 Å². The molecule has 14 bridgehead atoms. The fourth-order valence-corrected chi connectivity index (χ4v) is 12.8. The minimum absolute atomic E-state index is 0.120. The van der Waals surface area contributed by atoms with E-state index in [-0.39, 0.29) is 12.8 Å².